The van der Waals surface area contributed by atoms with Gasteiger partial charge in [-0.1, -0.05) is 23.7 Å². The van der Waals surface area contributed by atoms with E-state index in [1.54, 1.807) is 18.2 Å². The molecule has 3 N–H and O–H groups in total. The van der Waals surface area contributed by atoms with E-state index in [0.717, 1.165) is 10.2 Å². The number of hydrogen-bond donors (Lipinski definition) is 3. The number of hydrogen-bond acceptors (Lipinski definition) is 5. The van der Waals surface area contributed by atoms with Gasteiger partial charge in [-0.2, -0.15) is 14.9 Å². The molecule has 3 rings (SSSR count). The number of H-pyrrole nitrogens is 1. The maximum atomic E-state index is 11.8. The number of benzene rings is 2. The van der Waals surface area contributed by atoms with Crippen LogP contribution in [-0.4, -0.2) is 31.3 Å². The molecule has 0 saturated heterocycles. The molecule has 7 nitrogen and oxygen atoms in total. The van der Waals surface area contributed by atoms with E-state index >= 15 is 0 Å². The van der Waals surface area contributed by atoms with Gasteiger partial charge < -0.3 is 10.2 Å². The van der Waals surface area contributed by atoms with Crippen molar-refractivity contribution in [1.82, 2.24) is 14.9 Å². The average Bonchev–Trinajstić information content (AvgIpc) is 2.91. The van der Waals surface area contributed by atoms with Crippen LogP contribution in [0.4, 0.5) is 0 Å². The minimum absolute atomic E-state index is 0.226. The lowest BCUT2D eigenvalue weighted by Gasteiger charge is -2.01. The van der Waals surface area contributed by atoms with E-state index < -0.39 is 5.69 Å². The first-order valence-corrected chi connectivity index (χ1v) is 7.38. The molecule has 0 fully saturated rings. The van der Waals surface area contributed by atoms with Crippen molar-refractivity contribution in [3.63, 3.8) is 0 Å². The number of phenolic OH excluding ortho intramolecular Hbond substituents is 2. The molecule has 0 amide bonds. The second-order valence-corrected chi connectivity index (χ2v) is 5.49. The summed E-state index contributed by atoms with van der Waals surface area (Å²) in [7, 11) is 0. The van der Waals surface area contributed by atoms with Crippen LogP contribution in [0.1, 0.15) is 17.0 Å². The maximum absolute atomic E-state index is 11.8. The summed E-state index contributed by atoms with van der Waals surface area (Å²) in [5, 5.41) is 29.8. The Morgan fingerprint density at radius 3 is 2.62 bits per heavy atom. The topological polar surface area (TPSA) is 104 Å². The summed E-state index contributed by atoms with van der Waals surface area (Å²) in [6, 6.07) is 11.4. The van der Waals surface area contributed by atoms with E-state index in [0.29, 0.717) is 22.8 Å². The van der Waals surface area contributed by atoms with Crippen molar-refractivity contribution in [3.8, 4) is 11.5 Å². The van der Waals surface area contributed by atoms with Gasteiger partial charge >= 0.3 is 5.69 Å². The first-order valence-electron chi connectivity index (χ1n) is 7.00. The molecule has 3 aromatic rings. The molecule has 0 atom stereocenters. The molecule has 1 aromatic heterocycles. The lowest BCUT2D eigenvalue weighted by atomic mass is 10.1. The van der Waals surface area contributed by atoms with Crippen molar-refractivity contribution in [2.24, 2.45) is 5.10 Å². The van der Waals surface area contributed by atoms with Crippen LogP contribution in [0.3, 0.4) is 0 Å². The van der Waals surface area contributed by atoms with Crippen LogP contribution in [0, 0.1) is 0 Å². The molecule has 0 saturated carbocycles. The predicted molar refractivity (Wildman–Crippen MR) is 89.9 cm³/mol. The zero-order chi connectivity index (χ0) is 17.1. The van der Waals surface area contributed by atoms with Gasteiger partial charge in [-0.15, -0.1) is 0 Å². The smallest absolute Gasteiger partial charge is 0.364 e. The highest BCUT2D eigenvalue weighted by molar-refractivity contribution is 6.30. The van der Waals surface area contributed by atoms with Gasteiger partial charge in [-0.3, -0.25) is 0 Å². The van der Waals surface area contributed by atoms with Gasteiger partial charge in [0.05, 0.1) is 6.21 Å². The summed E-state index contributed by atoms with van der Waals surface area (Å²) in [6.45, 7) is 0. The van der Waals surface area contributed by atoms with Crippen molar-refractivity contribution in [2.75, 3.05) is 0 Å². The molecular formula is C16H13ClN4O3. The molecule has 0 unspecified atom stereocenters. The van der Waals surface area contributed by atoms with Crippen molar-refractivity contribution in [2.45, 2.75) is 6.42 Å². The minimum atomic E-state index is -0.474. The van der Waals surface area contributed by atoms with Crippen molar-refractivity contribution >= 4 is 17.8 Å². The Bertz CT molecular complexity index is 945. The minimum Gasteiger partial charge on any atom is -0.504 e. The second kappa shape index (κ2) is 6.59. The number of rotatable bonds is 4. The number of phenols is 2. The standard InChI is InChI=1S/C16H13ClN4O3/c17-12-4-1-10(2-5-12)8-15-19-20-16(24)21(15)18-9-11-3-6-13(22)14(23)7-11/h1-7,9,22-23H,8H2,(H,20,24)/b18-9+. The largest absolute Gasteiger partial charge is 0.504 e. The Morgan fingerprint density at radius 1 is 1.17 bits per heavy atom. The molecule has 0 aliphatic heterocycles. The van der Waals surface area contributed by atoms with Crippen LogP contribution in [0.25, 0.3) is 0 Å². The maximum Gasteiger partial charge on any atom is 0.364 e. The number of nitrogens with zero attached hydrogens (tertiary/aromatic N) is 3. The quantitative estimate of drug-likeness (QED) is 0.498. The summed E-state index contributed by atoms with van der Waals surface area (Å²) in [4.78, 5) is 11.8. The average molecular weight is 345 g/mol. The highest BCUT2D eigenvalue weighted by Gasteiger charge is 2.08. The number of aromatic nitrogens is 3. The van der Waals surface area contributed by atoms with Crippen molar-refractivity contribution in [1.29, 1.82) is 0 Å². The zero-order valence-electron chi connectivity index (χ0n) is 12.3. The molecular weight excluding hydrogens is 332 g/mol. The summed E-state index contributed by atoms with van der Waals surface area (Å²) in [5.74, 6) is -0.0579. The van der Waals surface area contributed by atoms with Gasteiger partial charge in [0.1, 0.15) is 0 Å². The summed E-state index contributed by atoms with van der Waals surface area (Å²) in [6.07, 6.45) is 1.79. The SMILES string of the molecule is O=c1[nH]nc(Cc2ccc(Cl)cc2)n1/N=C/c1ccc(O)c(O)c1. The molecule has 0 radical (unpaired) electrons. The molecule has 0 aliphatic rings. The molecule has 0 aliphatic carbocycles. The fourth-order valence-corrected chi connectivity index (χ4v) is 2.21. The van der Waals surface area contributed by atoms with Gasteiger partial charge in [0.15, 0.2) is 17.3 Å². The molecule has 0 spiro atoms. The summed E-state index contributed by atoms with van der Waals surface area (Å²) in [5.41, 5.74) is 0.978. The van der Waals surface area contributed by atoms with Gasteiger partial charge in [-0.05, 0) is 41.5 Å². The van der Waals surface area contributed by atoms with Gasteiger partial charge in [0.2, 0.25) is 0 Å². The molecule has 2 aromatic carbocycles. The predicted octanol–water partition coefficient (Wildman–Crippen LogP) is 2.11. The van der Waals surface area contributed by atoms with Crippen molar-refractivity contribution < 1.29 is 10.2 Å². The molecule has 122 valence electrons. The van der Waals surface area contributed by atoms with Gasteiger partial charge in [0.25, 0.3) is 0 Å². The van der Waals surface area contributed by atoms with E-state index in [9.17, 15) is 15.0 Å². The third-order valence-electron chi connectivity index (χ3n) is 3.31. The van der Waals surface area contributed by atoms with Gasteiger partial charge in [0, 0.05) is 11.4 Å². The van der Waals surface area contributed by atoms with E-state index in [4.69, 9.17) is 11.6 Å². The summed E-state index contributed by atoms with van der Waals surface area (Å²) >= 11 is 5.85. The first-order chi connectivity index (χ1) is 11.5. The fraction of sp³-hybridized carbons (Fsp3) is 0.0625. The van der Waals surface area contributed by atoms with Crippen LogP contribution in [-0.2, 0) is 6.42 Å². The van der Waals surface area contributed by atoms with Crippen LogP contribution >= 0.6 is 11.6 Å². The lowest BCUT2D eigenvalue weighted by molar-refractivity contribution is 0.403. The van der Waals surface area contributed by atoms with E-state index in [1.165, 1.54) is 18.3 Å². The van der Waals surface area contributed by atoms with E-state index in [1.807, 2.05) is 12.1 Å². The zero-order valence-corrected chi connectivity index (χ0v) is 13.1. The second-order valence-electron chi connectivity index (χ2n) is 5.05. The Hall–Kier alpha value is -3.06. The Balaban J connectivity index is 1.87. The highest BCUT2D eigenvalue weighted by Crippen LogP contribution is 2.24. The first kappa shape index (κ1) is 15.8. The van der Waals surface area contributed by atoms with E-state index in [2.05, 4.69) is 15.3 Å². The highest BCUT2D eigenvalue weighted by atomic mass is 35.5. The Kier molecular flexibility index (Phi) is 4.35. The molecule has 1 heterocycles. The van der Waals surface area contributed by atoms with Gasteiger partial charge in [-0.25, -0.2) is 9.89 Å². The number of nitrogens with one attached hydrogen (secondary N) is 1. The lowest BCUT2D eigenvalue weighted by Crippen LogP contribution is -2.15. The van der Waals surface area contributed by atoms with Crippen LogP contribution in [0.15, 0.2) is 52.4 Å². The Labute approximate surface area is 141 Å². The summed E-state index contributed by atoms with van der Waals surface area (Å²) < 4.78 is 1.14. The normalized spacial score (nSPS) is 11.2. The number of halogens is 1. The van der Waals surface area contributed by atoms with Crippen LogP contribution in [0.5, 0.6) is 11.5 Å². The molecule has 8 heteroatoms. The molecule has 0 bridgehead atoms. The van der Waals surface area contributed by atoms with Crippen LogP contribution < -0.4 is 5.69 Å². The number of aromatic amines is 1. The molecule has 24 heavy (non-hydrogen) atoms. The number of aromatic hydroxyl groups is 2. The monoisotopic (exact) mass is 344 g/mol. The third kappa shape index (κ3) is 3.47. The Morgan fingerprint density at radius 2 is 1.92 bits per heavy atom. The fourth-order valence-electron chi connectivity index (χ4n) is 2.09. The third-order valence-corrected chi connectivity index (χ3v) is 3.57. The van der Waals surface area contributed by atoms with Crippen molar-refractivity contribution in [3.05, 3.63) is 74.9 Å². The van der Waals surface area contributed by atoms with Crippen LogP contribution in [0.2, 0.25) is 5.02 Å². The van der Waals surface area contributed by atoms with E-state index in [-0.39, 0.29) is 11.5 Å².